The molecule has 51 heteroatoms. The van der Waals surface area contributed by atoms with E-state index in [4.69, 9.17) is 72.9 Å². The Morgan fingerprint density at radius 1 is 0.420 bits per heavy atom. The van der Waals surface area contributed by atoms with E-state index in [2.05, 4.69) is 105 Å². The summed E-state index contributed by atoms with van der Waals surface area (Å²) >= 11 is 0. The molecule has 12 amide bonds. The number of nitrogens with two attached hydrogens (primary N) is 8. The lowest BCUT2D eigenvalue weighted by Gasteiger charge is -2.28. The van der Waals surface area contributed by atoms with E-state index in [1.54, 1.807) is 68.3 Å². The highest BCUT2D eigenvalue weighted by molar-refractivity contribution is 6.00. The molecule has 3 aromatic carbocycles. The minimum absolute atomic E-state index is 0.00408. The molecule has 0 spiro atoms. The summed E-state index contributed by atoms with van der Waals surface area (Å²) in [7, 11) is 1.74. The third-order valence-corrected chi connectivity index (χ3v) is 19.8. The molecule has 0 bridgehead atoms. The van der Waals surface area contributed by atoms with Gasteiger partial charge in [-0.05, 0) is 130 Å². The number of rotatable bonds is 57. The Labute approximate surface area is 753 Å². The SMILES string of the molecule is CC(C)C[C@H](NC(=O)[C@H](CCCNC(=N)N)NC(=O)[C@H](CCCNC(=N)N)NC(=O)CC[C@H](NC(=O)c1ccc(N(C)Cc2cnc3nc(N)nc(N)c3n2)cc1)C(=O)O)C(=O)N[C@@H](CO)C(=O)N[C@@H](Cc1ccc(O)cc1)C(=O)N[C@@H](CO)C(=O)N[C@@H](CCCNC(=N)N)C(=O)N[C@@H](CCCNC(=N)N)C(=O)N[C@@H](CCCNC(=N)N)C(=O)N[C@@H](Cc1ccccc1)C(N)=O. The van der Waals surface area contributed by atoms with E-state index in [0.29, 0.717) is 16.9 Å². The number of nitrogen functional groups attached to an aromatic ring is 2. The minimum atomic E-state index is -1.97. The molecule has 131 heavy (non-hydrogen) atoms. The fourth-order valence-electron chi connectivity index (χ4n) is 13.0. The Morgan fingerprint density at radius 2 is 0.786 bits per heavy atom. The van der Waals surface area contributed by atoms with Gasteiger partial charge < -0.3 is 156 Å². The molecule has 2 aromatic heterocycles. The summed E-state index contributed by atoms with van der Waals surface area (Å²) in [4.78, 5) is 202. The summed E-state index contributed by atoms with van der Waals surface area (Å²) < 4.78 is 0. The van der Waals surface area contributed by atoms with Crippen LogP contribution in [0, 0.1) is 33.0 Å². The quantitative estimate of drug-likeness (QED) is 0.00977. The molecule has 2 heterocycles. The summed E-state index contributed by atoms with van der Waals surface area (Å²) in [5.41, 5.74) is 47.5. The largest absolute Gasteiger partial charge is 0.508 e. The number of primary amides is 1. The van der Waals surface area contributed by atoms with Crippen molar-refractivity contribution in [2.24, 2.45) is 40.3 Å². The number of aromatic hydroxyl groups is 1. The number of hydrogen-bond donors (Lipinski definition) is 33. The monoisotopic (exact) mass is 1830 g/mol. The zero-order chi connectivity index (χ0) is 97.0. The molecule has 0 radical (unpaired) electrons. The van der Waals surface area contributed by atoms with Gasteiger partial charge in [-0.1, -0.05) is 56.3 Å². The van der Waals surface area contributed by atoms with Gasteiger partial charge in [0.15, 0.2) is 46.8 Å². The minimum Gasteiger partial charge on any atom is -0.508 e. The topological polar surface area (TPSA) is 878 Å². The number of carboxylic acids is 1. The smallest absolute Gasteiger partial charge is 0.326 e. The highest BCUT2D eigenvalue weighted by Crippen LogP contribution is 2.21. The maximum Gasteiger partial charge on any atom is 0.326 e. The van der Waals surface area contributed by atoms with Crippen LogP contribution < -0.4 is 136 Å². The molecule has 0 aliphatic heterocycles. The lowest BCUT2D eigenvalue weighted by molar-refractivity contribution is -0.139. The van der Waals surface area contributed by atoms with Crippen molar-refractivity contribution in [2.45, 2.75) is 183 Å². The Kier molecular flexibility index (Phi) is 44.3. The summed E-state index contributed by atoms with van der Waals surface area (Å²) in [5.74, 6) is -16.6. The van der Waals surface area contributed by atoms with E-state index in [9.17, 15) is 82.8 Å². The molecule has 0 fully saturated rings. The van der Waals surface area contributed by atoms with Crippen LogP contribution in [0.4, 0.5) is 17.5 Å². The van der Waals surface area contributed by atoms with E-state index in [-0.39, 0.29) is 156 Å². The number of phenols is 1. The molecular formula is C80H122N34O17. The highest BCUT2D eigenvalue weighted by atomic mass is 16.4. The molecule has 0 saturated heterocycles. The maximum absolute atomic E-state index is 14.7. The predicted molar refractivity (Wildman–Crippen MR) is 480 cm³/mol. The van der Waals surface area contributed by atoms with Crippen LogP contribution in [0.15, 0.2) is 85.1 Å². The van der Waals surface area contributed by atoms with Crippen LogP contribution >= 0.6 is 0 Å². The first-order valence-corrected chi connectivity index (χ1v) is 41.8. The van der Waals surface area contributed by atoms with Gasteiger partial charge in [0.05, 0.1) is 31.6 Å². The van der Waals surface area contributed by atoms with Gasteiger partial charge in [0.25, 0.3) is 5.91 Å². The number of amides is 12. The van der Waals surface area contributed by atoms with Gasteiger partial charge in [-0.15, -0.1) is 0 Å². The summed E-state index contributed by atoms with van der Waals surface area (Å²) in [6, 6.07) is 1.98. The van der Waals surface area contributed by atoms with Crippen LogP contribution in [0.2, 0.25) is 0 Å². The number of fused-ring (bicyclic) bond motifs is 1. The van der Waals surface area contributed by atoms with Gasteiger partial charge in [-0.2, -0.15) is 9.97 Å². The molecule has 41 N–H and O–H groups in total. The standard InChI is InChI=1S/C80H122N34O17/c1-41(2)34-55(108-69(125)52(18-11-33-98-79(91)92)102-65(121)48(14-7-29-94-75(83)84)101-59(118)28-27-53(74(130)131)106-64(120)44-21-23-46(24-22-44)114(3)38-45-37-99-63-60(100-45)61(81)112-80(93)113-63)70(126)110-58(40-116)73(129)109-56(36-43-19-25-47(117)26-20-43)71(127)111-57(39-115)72(128)105-50(16-9-31-96-77(87)88)67(123)103-49(15-8-30-95-76(85)86)66(122)104-51(17-10-32-97-78(89)90)68(124)107-54(62(82)119)35-42-12-5-4-6-13-42/h4-6,12-13,19-26,37,41,48-58,115-117H,7-11,14-18,27-36,38-40H2,1-3H3,(H2,82,119)(H,101,118)(H,102,121)(H,103,123)(H,104,122)(H,105,128)(H,106,120)(H,107,124)(H,108,125)(H,109,129)(H,110,126)(H,111,127)(H,130,131)(H4,83,84,94)(H4,85,86,95)(H4,87,88,96)(H4,89,90,97)(H4,91,92,98)(H4,81,93,99,112,113)/t48-,49-,50-,51-,52-,53-,54-,55-,56-,57-,58-/m0/s1. The lowest BCUT2D eigenvalue weighted by Crippen LogP contribution is -2.62. The number of carbonyl (C=O) groups excluding carboxylic acids is 12. The van der Waals surface area contributed by atoms with E-state index < -0.39 is 212 Å². The Bertz CT molecular complexity index is 4770. The van der Waals surface area contributed by atoms with Crippen molar-refractivity contribution in [3.05, 3.63) is 107 Å². The van der Waals surface area contributed by atoms with Crippen molar-refractivity contribution >= 4 is 135 Å². The van der Waals surface area contributed by atoms with Crippen LogP contribution in [0.5, 0.6) is 5.75 Å². The molecular weight excluding hydrogens is 1710 g/mol. The molecule has 714 valence electrons. The average Bonchev–Trinajstić information content (AvgIpc) is 0.799. The molecule has 11 atom stereocenters. The lowest BCUT2D eigenvalue weighted by atomic mass is 10.0. The normalized spacial score (nSPS) is 13.5. The second-order valence-electron chi connectivity index (χ2n) is 30.8. The van der Waals surface area contributed by atoms with Crippen molar-refractivity contribution in [3.8, 4) is 5.75 Å². The van der Waals surface area contributed by atoms with Crippen molar-refractivity contribution in [1.82, 2.24) is 105 Å². The number of aliphatic hydroxyl groups is 2. The van der Waals surface area contributed by atoms with Crippen LogP contribution in [0.3, 0.4) is 0 Å². The van der Waals surface area contributed by atoms with Crippen LogP contribution in [0.1, 0.15) is 124 Å². The fourth-order valence-corrected chi connectivity index (χ4v) is 13.0. The van der Waals surface area contributed by atoms with Crippen LogP contribution in [-0.4, -0.2) is 266 Å². The maximum atomic E-state index is 14.7. The number of benzene rings is 3. The number of carboxylic acid groups (broad SMARTS) is 1. The Balaban J connectivity index is 1.34. The summed E-state index contributed by atoms with van der Waals surface area (Å²) in [6.45, 7) is 1.15. The first-order valence-electron chi connectivity index (χ1n) is 41.8. The number of carbonyl (C=O) groups is 13. The van der Waals surface area contributed by atoms with Gasteiger partial charge in [-0.3, -0.25) is 84.6 Å². The van der Waals surface area contributed by atoms with E-state index in [0.717, 1.165) is 0 Å². The Morgan fingerprint density at radius 3 is 1.19 bits per heavy atom. The number of phenolic OH excluding ortho intramolecular Hbond substituents is 1. The molecule has 51 nitrogen and oxygen atoms in total. The Hall–Kier alpha value is -15.3. The fraction of sp³-hybridized carbons (Fsp3) is 0.475. The number of hydrogen-bond acceptors (Lipinski definition) is 28. The second-order valence-corrected chi connectivity index (χ2v) is 30.8. The molecule has 0 aliphatic rings. The molecule has 5 rings (SSSR count). The predicted octanol–water partition coefficient (Wildman–Crippen LogP) is -7.94. The number of aliphatic carboxylic acids is 1. The van der Waals surface area contributed by atoms with Crippen LogP contribution in [0.25, 0.3) is 11.2 Å². The third kappa shape index (κ3) is 38.8. The van der Waals surface area contributed by atoms with Crippen molar-refractivity contribution in [3.63, 3.8) is 0 Å². The summed E-state index contributed by atoms with van der Waals surface area (Å²) in [5, 5.41) is 121. The number of anilines is 3. The first-order chi connectivity index (χ1) is 62.1. The van der Waals surface area contributed by atoms with Gasteiger partial charge in [-0.25, -0.2) is 14.8 Å². The van der Waals surface area contributed by atoms with Crippen molar-refractivity contribution in [1.29, 1.82) is 27.0 Å². The van der Waals surface area contributed by atoms with Gasteiger partial charge >= 0.3 is 5.97 Å². The zero-order valence-corrected chi connectivity index (χ0v) is 72.7. The molecule has 5 aromatic rings. The number of aromatic nitrogens is 4. The zero-order valence-electron chi connectivity index (χ0n) is 72.7. The number of aliphatic hydroxyl groups excluding tert-OH is 2. The second kappa shape index (κ2) is 54.6. The molecule has 0 unspecified atom stereocenters. The molecule has 0 saturated carbocycles. The number of guanidine groups is 5. The molecule has 0 aliphatic carbocycles. The highest BCUT2D eigenvalue weighted by Gasteiger charge is 2.37. The van der Waals surface area contributed by atoms with E-state index in [1.807, 2.05) is 0 Å². The van der Waals surface area contributed by atoms with E-state index in [1.165, 1.54) is 42.6 Å². The van der Waals surface area contributed by atoms with E-state index >= 15 is 0 Å². The number of nitrogens with zero attached hydrogens (tertiary/aromatic N) is 5. The number of nitrogens with one attached hydrogen (secondary N) is 21. The average molecular weight is 1830 g/mol. The van der Waals surface area contributed by atoms with Gasteiger partial charge in [0.1, 0.15) is 72.2 Å². The van der Waals surface area contributed by atoms with Gasteiger partial charge in [0, 0.05) is 70.3 Å². The van der Waals surface area contributed by atoms with Crippen molar-refractivity contribution < 1.29 is 82.8 Å². The van der Waals surface area contributed by atoms with Gasteiger partial charge in [0.2, 0.25) is 70.9 Å². The summed E-state index contributed by atoms with van der Waals surface area (Å²) in [6.07, 6.45) is -1.13. The third-order valence-electron chi connectivity index (χ3n) is 19.8. The van der Waals surface area contributed by atoms with Crippen molar-refractivity contribution in [2.75, 3.05) is 69.4 Å². The first kappa shape index (κ1) is 106. The van der Waals surface area contributed by atoms with Crippen LogP contribution in [-0.2, 0) is 76.9 Å².